The highest BCUT2D eigenvalue weighted by atomic mass is 16.5. The molecule has 49 heavy (non-hydrogen) atoms. The van der Waals surface area contributed by atoms with Crippen molar-refractivity contribution in [3.8, 4) is 11.5 Å². The van der Waals surface area contributed by atoms with Crippen LogP contribution in [0.2, 0.25) is 0 Å². The Morgan fingerprint density at radius 2 is 1.73 bits per heavy atom. The summed E-state index contributed by atoms with van der Waals surface area (Å²) in [6, 6.07) is 14.2. The Hall–Kier alpha value is -5.72. The molecule has 1 saturated heterocycles. The molecule has 4 amide bonds. The number of anilines is 1. The largest absolute Gasteiger partial charge is 0.495 e. The van der Waals surface area contributed by atoms with E-state index in [4.69, 9.17) is 19.2 Å². The number of benzene rings is 3. The number of aromatic nitrogens is 2. The Balaban J connectivity index is 1.59. The maximum atomic E-state index is 14.4. The van der Waals surface area contributed by atoms with Crippen molar-refractivity contribution in [1.82, 2.24) is 19.8 Å². The zero-order valence-electron chi connectivity index (χ0n) is 28.3. The minimum Gasteiger partial charge on any atom is -0.495 e. The van der Waals surface area contributed by atoms with Crippen molar-refractivity contribution >= 4 is 40.4 Å². The van der Waals surface area contributed by atoms with E-state index in [-0.39, 0.29) is 48.1 Å². The first-order valence-corrected chi connectivity index (χ1v) is 15.9. The molecule has 1 fully saturated rings. The number of fused-ring (bicyclic) bond motifs is 1. The lowest BCUT2D eigenvalue weighted by Gasteiger charge is -2.27. The van der Waals surface area contributed by atoms with Gasteiger partial charge >= 0.3 is 12.0 Å². The number of nitrogens with zero attached hydrogens (tertiary/aromatic N) is 3. The van der Waals surface area contributed by atoms with E-state index in [1.54, 1.807) is 31.2 Å². The van der Waals surface area contributed by atoms with Crippen LogP contribution < -0.4 is 25.7 Å². The zero-order valence-corrected chi connectivity index (χ0v) is 28.3. The third-order valence-electron chi connectivity index (χ3n) is 8.12. The van der Waals surface area contributed by atoms with Gasteiger partial charge < -0.3 is 24.8 Å². The second kappa shape index (κ2) is 14.2. The maximum Gasteiger partial charge on any atom is 0.338 e. The smallest absolute Gasteiger partial charge is 0.338 e. The van der Waals surface area contributed by atoms with Crippen LogP contribution in [0.5, 0.6) is 11.5 Å². The van der Waals surface area contributed by atoms with Gasteiger partial charge in [-0.3, -0.25) is 19.0 Å². The van der Waals surface area contributed by atoms with Crippen molar-refractivity contribution in [1.29, 1.82) is 0 Å². The average molecular weight is 670 g/mol. The third kappa shape index (κ3) is 7.10. The first kappa shape index (κ1) is 34.6. The van der Waals surface area contributed by atoms with E-state index in [0.29, 0.717) is 17.6 Å². The van der Waals surface area contributed by atoms with Gasteiger partial charge in [-0.2, -0.15) is 0 Å². The summed E-state index contributed by atoms with van der Waals surface area (Å²) in [4.78, 5) is 73.6. The Labute approximate surface area is 283 Å². The predicted molar refractivity (Wildman–Crippen MR) is 182 cm³/mol. The fourth-order valence-electron chi connectivity index (χ4n) is 5.68. The molecule has 256 valence electrons. The number of amides is 4. The topological polar surface area (TPSA) is 158 Å². The summed E-state index contributed by atoms with van der Waals surface area (Å²) in [5, 5.41) is 5.61. The number of para-hydroxylation sites is 1. The van der Waals surface area contributed by atoms with Gasteiger partial charge in [0.1, 0.15) is 22.9 Å². The van der Waals surface area contributed by atoms with E-state index in [0.717, 1.165) is 16.0 Å². The normalized spacial score (nSPS) is 14.4. The molecule has 1 aliphatic rings. The van der Waals surface area contributed by atoms with Crippen molar-refractivity contribution in [3.63, 3.8) is 0 Å². The molecule has 1 unspecified atom stereocenters. The summed E-state index contributed by atoms with van der Waals surface area (Å²) in [5.41, 5.74) is 0.737. The van der Waals surface area contributed by atoms with Crippen LogP contribution in [0.25, 0.3) is 10.9 Å². The molecule has 0 bridgehead atoms. The first-order chi connectivity index (χ1) is 23.4. The van der Waals surface area contributed by atoms with Crippen molar-refractivity contribution in [2.45, 2.75) is 59.2 Å². The van der Waals surface area contributed by atoms with Gasteiger partial charge in [0.15, 0.2) is 6.04 Å². The van der Waals surface area contributed by atoms with Gasteiger partial charge in [-0.15, -0.1) is 0 Å². The van der Waals surface area contributed by atoms with E-state index in [2.05, 4.69) is 10.6 Å². The molecular weight excluding hydrogens is 630 g/mol. The van der Waals surface area contributed by atoms with E-state index < -0.39 is 41.0 Å². The van der Waals surface area contributed by atoms with Crippen LogP contribution in [-0.4, -0.2) is 64.1 Å². The molecule has 0 aliphatic carbocycles. The molecule has 5 rings (SSSR count). The molecule has 2 N–H and O–H groups in total. The molecule has 2 heterocycles. The fraction of sp³-hybridized carbons (Fsp3) is 0.333. The number of carbonyl (C=O) groups excluding carboxylic acids is 4. The van der Waals surface area contributed by atoms with E-state index >= 15 is 0 Å². The van der Waals surface area contributed by atoms with Crippen LogP contribution in [0.1, 0.15) is 60.5 Å². The lowest BCUT2D eigenvalue weighted by molar-refractivity contribution is -0.136. The molecule has 0 radical (unpaired) electrons. The van der Waals surface area contributed by atoms with E-state index in [9.17, 15) is 24.0 Å². The molecule has 1 aliphatic heterocycles. The quantitative estimate of drug-likeness (QED) is 0.124. The number of hydrogen-bond donors (Lipinski definition) is 2. The zero-order chi connectivity index (χ0) is 35.5. The number of methoxy groups -OCH3 is 1. The molecule has 1 atom stereocenters. The van der Waals surface area contributed by atoms with Crippen LogP contribution in [0.15, 0.2) is 65.5 Å². The molecule has 3 aromatic carbocycles. The van der Waals surface area contributed by atoms with Crippen molar-refractivity contribution < 1.29 is 33.4 Å². The summed E-state index contributed by atoms with van der Waals surface area (Å²) in [6.07, 6.45) is 0.329. The summed E-state index contributed by atoms with van der Waals surface area (Å²) in [7, 11) is 1.38. The highest BCUT2D eigenvalue weighted by Gasteiger charge is 2.51. The second-order valence-corrected chi connectivity index (χ2v) is 12.2. The number of rotatable bonds is 12. The number of ether oxygens (including phenoxy) is 3. The van der Waals surface area contributed by atoms with Crippen LogP contribution in [0.3, 0.4) is 0 Å². The van der Waals surface area contributed by atoms with Crippen molar-refractivity contribution in [2.24, 2.45) is 0 Å². The lowest BCUT2D eigenvalue weighted by atomic mass is 10.0. The Kier molecular flexibility index (Phi) is 10.0. The molecule has 0 saturated carbocycles. The number of urea groups is 1. The minimum atomic E-state index is -1.71. The number of nitrogens with one attached hydrogen (secondary N) is 2. The van der Waals surface area contributed by atoms with E-state index in [1.165, 1.54) is 43.7 Å². The SMILES string of the molecule is CCOC(=O)c1ccc(OC)c(NC(=O)C(c2nc3ccccc3c(=O)n2CCCOc2ccc(C)cc2C)N2C(=O)NC(C)(C)C2=O)c1. The maximum absolute atomic E-state index is 14.4. The number of esters is 1. The third-order valence-corrected chi connectivity index (χ3v) is 8.12. The second-order valence-electron chi connectivity index (χ2n) is 12.2. The number of carbonyl (C=O) groups is 4. The minimum absolute atomic E-state index is 0.0510. The summed E-state index contributed by atoms with van der Waals surface area (Å²) in [5.74, 6) is -1.42. The first-order valence-electron chi connectivity index (χ1n) is 15.9. The molecule has 4 aromatic rings. The Morgan fingerprint density at radius 1 is 1.00 bits per heavy atom. The van der Waals surface area contributed by atoms with Gasteiger partial charge in [0.25, 0.3) is 17.4 Å². The highest BCUT2D eigenvalue weighted by Crippen LogP contribution is 2.32. The van der Waals surface area contributed by atoms with Gasteiger partial charge in [0.05, 0.1) is 42.5 Å². The lowest BCUT2D eigenvalue weighted by Crippen LogP contribution is -2.46. The van der Waals surface area contributed by atoms with Gasteiger partial charge in [0.2, 0.25) is 0 Å². The van der Waals surface area contributed by atoms with Crippen molar-refractivity contribution in [2.75, 3.05) is 25.6 Å². The Bertz CT molecular complexity index is 2000. The monoisotopic (exact) mass is 669 g/mol. The average Bonchev–Trinajstić information content (AvgIpc) is 3.26. The standard InChI is InChI=1S/C36H39N5O8/c1-7-48-33(44)23-14-16-28(47-6)26(20-23)38-31(42)29(41-34(45)36(4,5)39-35(41)46)30-37-25-12-9-8-11-24(25)32(43)40(30)17-10-18-49-27-15-13-21(2)19-22(27)3/h8-9,11-16,19-20,29H,7,10,17-18H2,1-6H3,(H,38,42)(H,39,46). The fourth-order valence-corrected chi connectivity index (χ4v) is 5.68. The number of aryl methyl sites for hydroxylation is 2. The summed E-state index contributed by atoms with van der Waals surface area (Å²) >= 11 is 0. The summed E-state index contributed by atoms with van der Waals surface area (Å²) in [6.45, 7) is 9.04. The predicted octanol–water partition coefficient (Wildman–Crippen LogP) is 4.68. The van der Waals surface area contributed by atoms with E-state index in [1.807, 2.05) is 32.0 Å². The molecule has 13 nitrogen and oxygen atoms in total. The van der Waals surface area contributed by atoms with Crippen LogP contribution in [0.4, 0.5) is 10.5 Å². The van der Waals surface area contributed by atoms with Crippen molar-refractivity contribution in [3.05, 3.63) is 93.5 Å². The highest BCUT2D eigenvalue weighted by molar-refractivity contribution is 6.11. The van der Waals surface area contributed by atoms with Gasteiger partial charge in [-0.25, -0.2) is 19.5 Å². The molecular formula is C36H39N5O8. The van der Waals surface area contributed by atoms with Gasteiger partial charge in [0, 0.05) is 6.54 Å². The molecule has 0 spiro atoms. The van der Waals surface area contributed by atoms with Gasteiger partial charge in [-0.1, -0.05) is 29.8 Å². The van der Waals surface area contributed by atoms with Gasteiger partial charge in [-0.05, 0) is 83.0 Å². The number of hydrogen-bond acceptors (Lipinski definition) is 9. The summed E-state index contributed by atoms with van der Waals surface area (Å²) < 4.78 is 17.9. The Morgan fingerprint density at radius 3 is 2.41 bits per heavy atom. The van der Waals surface area contributed by atoms with Crippen LogP contribution in [-0.2, 0) is 20.9 Å². The van der Waals surface area contributed by atoms with Crippen LogP contribution >= 0.6 is 0 Å². The van der Waals surface area contributed by atoms with Crippen LogP contribution in [0, 0.1) is 13.8 Å². The molecule has 13 heteroatoms. The number of imide groups is 1. The molecule has 1 aromatic heterocycles.